The van der Waals surface area contributed by atoms with Gasteiger partial charge in [-0.05, 0) is 51.8 Å². The third-order valence-electron chi connectivity index (χ3n) is 2.82. The summed E-state index contributed by atoms with van der Waals surface area (Å²) >= 11 is 0. The van der Waals surface area contributed by atoms with Gasteiger partial charge in [-0.15, -0.1) is 0 Å². The summed E-state index contributed by atoms with van der Waals surface area (Å²) in [5.41, 5.74) is 6.09. The highest BCUT2D eigenvalue weighted by Crippen LogP contribution is 2.17. The van der Waals surface area contributed by atoms with Gasteiger partial charge in [0, 0.05) is 18.8 Å². The van der Waals surface area contributed by atoms with E-state index in [0.717, 1.165) is 0 Å². The van der Waals surface area contributed by atoms with E-state index < -0.39 is 21.7 Å². The number of alkyl carbamates (subject to hydrolysis) is 1. The summed E-state index contributed by atoms with van der Waals surface area (Å²) in [5, 5.41) is 2.57. The number of sulfonamides is 1. The van der Waals surface area contributed by atoms with Crippen LogP contribution in [0.15, 0.2) is 23.1 Å². The van der Waals surface area contributed by atoms with E-state index in [1.165, 1.54) is 6.07 Å². The zero-order valence-corrected chi connectivity index (χ0v) is 14.8. The fourth-order valence-corrected chi connectivity index (χ4v) is 3.14. The first-order chi connectivity index (χ1) is 10.5. The van der Waals surface area contributed by atoms with Crippen LogP contribution >= 0.6 is 0 Å². The van der Waals surface area contributed by atoms with Crippen LogP contribution in [0.25, 0.3) is 0 Å². The molecular weight excluding hydrogens is 318 g/mol. The minimum atomic E-state index is -3.62. The summed E-state index contributed by atoms with van der Waals surface area (Å²) < 4.78 is 32.0. The fourth-order valence-electron chi connectivity index (χ4n) is 1.78. The van der Waals surface area contributed by atoms with Gasteiger partial charge in [-0.3, -0.25) is 0 Å². The predicted molar refractivity (Wildman–Crippen MR) is 89.6 cm³/mol. The molecule has 130 valence electrons. The zero-order chi connectivity index (χ0) is 17.7. The topological polar surface area (TPSA) is 111 Å². The average Bonchev–Trinajstić information content (AvgIpc) is 2.39. The number of nitrogens with one attached hydrogen (secondary N) is 2. The third-order valence-corrected chi connectivity index (χ3v) is 4.42. The van der Waals surface area contributed by atoms with Crippen molar-refractivity contribution in [2.45, 2.75) is 44.6 Å². The quantitative estimate of drug-likeness (QED) is 0.538. The second-order valence-corrected chi connectivity index (χ2v) is 7.94. The van der Waals surface area contributed by atoms with Gasteiger partial charge in [-0.2, -0.15) is 0 Å². The Kier molecular flexibility index (Phi) is 6.40. The summed E-state index contributed by atoms with van der Waals surface area (Å²) in [4.78, 5) is 11.6. The number of amides is 1. The molecule has 4 N–H and O–H groups in total. The molecule has 1 rings (SSSR count). The molecular formula is C15H25N3O4S. The van der Waals surface area contributed by atoms with Crippen molar-refractivity contribution in [3.05, 3.63) is 23.8 Å². The Morgan fingerprint density at radius 2 is 1.91 bits per heavy atom. The maximum atomic E-state index is 12.2. The van der Waals surface area contributed by atoms with Gasteiger partial charge in [-0.25, -0.2) is 17.9 Å². The maximum absolute atomic E-state index is 12.2. The largest absolute Gasteiger partial charge is 0.444 e. The van der Waals surface area contributed by atoms with E-state index in [1.807, 2.05) is 0 Å². The monoisotopic (exact) mass is 343 g/mol. The first-order valence-corrected chi connectivity index (χ1v) is 8.82. The number of carbonyl (C=O) groups excluding carboxylic acids is 1. The molecule has 1 aromatic rings. The van der Waals surface area contributed by atoms with Crippen molar-refractivity contribution in [3.8, 4) is 0 Å². The molecule has 0 unspecified atom stereocenters. The summed E-state index contributed by atoms with van der Waals surface area (Å²) in [6, 6.07) is 4.74. The van der Waals surface area contributed by atoms with Crippen LogP contribution in [-0.4, -0.2) is 33.2 Å². The van der Waals surface area contributed by atoms with E-state index in [-0.39, 0.29) is 11.4 Å². The highest BCUT2D eigenvalue weighted by Gasteiger charge is 2.17. The van der Waals surface area contributed by atoms with Crippen molar-refractivity contribution in [2.75, 3.05) is 18.8 Å². The van der Waals surface area contributed by atoms with Crippen LogP contribution in [0.1, 0.15) is 32.8 Å². The number of benzene rings is 1. The minimum Gasteiger partial charge on any atom is -0.444 e. The van der Waals surface area contributed by atoms with Crippen molar-refractivity contribution in [1.29, 1.82) is 0 Å². The van der Waals surface area contributed by atoms with Gasteiger partial charge < -0.3 is 15.8 Å². The van der Waals surface area contributed by atoms with E-state index in [1.54, 1.807) is 39.8 Å². The molecule has 0 bridgehead atoms. The zero-order valence-electron chi connectivity index (χ0n) is 14.0. The van der Waals surface area contributed by atoms with Crippen molar-refractivity contribution >= 4 is 21.8 Å². The third kappa shape index (κ3) is 6.87. The van der Waals surface area contributed by atoms with E-state index in [2.05, 4.69) is 10.0 Å². The molecule has 1 amide bonds. The van der Waals surface area contributed by atoms with Gasteiger partial charge in [0.15, 0.2) is 0 Å². The molecule has 1 aromatic carbocycles. The van der Waals surface area contributed by atoms with E-state index >= 15 is 0 Å². The van der Waals surface area contributed by atoms with E-state index in [4.69, 9.17) is 10.5 Å². The molecule has 23 heavy (non-hydrogen) atoms. The van der Waals surface area contributed by atoms with Crippen LogP contribution < -0.4 is 15.8 Å². The smallest absolute Gasteiger partial charge is 0.407 e. The molecule has 7 nitrogen and oxygen atoms in total. The van der Waals surface area contributed by atoms with Crippen molar-refractivity contribution < 1.29 is 17.9 Å². The van der Waals surface area contributed by atoms with Crippen molar-refractivity contribution in [1.82, 2.24) is 10.0 Å². The highest BCUT2D eigenvalue weighted by atomic mass is 32.2. The second-order valence-electron chi connectivity index (χ2n) is 6.20. The lowest BCUT2D eigenvalue weighted by molar-refractivity contribution is 0.0527. The number of nitrogens with two attached hydrogens (primary N) is 1. The molecule has 0 spiro atoms. The molecule has 0 atom stereocenters. The molecule has 0 aliphatic rings. The number of ether oxygens (including phenoxy) is 1. The Morgan fingerprint density at radius 1 is 1.26 bits per heavy atom. The number of rotatable bonds is 6. The standard InChI is InChI=1S/C15H25N3O4S/c1-11-6-7-12(16)10-13(11)23(20,21)18-9-5-8-17-14(19)22-15(2,3)4/h6-7,10,18H,5,8-9,16H2,1-4H3,(H,17,19). The Morgan fingerprint density at radius 3 is 2.52 bits per heavy atom. The van der Waals surface area contributed by atoms with Gasteiger partial charge in [0.05, 0.1) is 4.90 Å². The first kappa shape index (κ1) is 19.2. The summed E-state index contributed by atoms with van der Waals surface area (Å²) in [6.45, 7) is 7.54. The molecule has 0 saturated heterocycles. The summed E-state index contributed by atoms with van der Waals surface area (Å²) in [5.74, 6) is 0. The van der Waals surface area contributed by atoms with Crippen LogP contribution in [0, 0.1) is 6.92 Å². The highest BCUT2D eigenvalue weighted by molar-refractivity contribution is 7.89. The van der Waals surface area contributed by atoms with Crippen LogP contribution in [0.2, 0.25) is 0 Å². The lowest BCUT2D eigenvalue weighted by Crippen LogP contribution is -2.34. The number of nitrogen functional groups attached to an aromatic ring is 1. The Balaban J connectivity index is 2.43. The van der Waals surface area contributed by atoms with Gasteiger partial charge in [0.2, 0.25) is 10.0 Å². The van der Waals surface area contributed by atoms with Gasteiger partial charge in [0.1, 0.15) is 5.60 Å². The SMILES string of the molecule is Cc1ccc(N)cc1S(=O)(=O)NCCCNC(=O)OC(C)(C)C. The molecule has 0 radical (unpaired) electrons. The molecule has 0 saturated carbocycles. The minimum absolute atomic E-state index is 0.164. The number of anilines is 1. The Hall–Kier alpha value is -1.80. The van der Waals surface area contributed by atoms with Crippen LogP contribution in [0.4, 0.5) is 10.5 Å². The van der Waals surface area contributed by atoms with Gasteiger partial charge in [0.25, 0.3) is 0 Å². The Bertz CT molecular complexity index is 651. The number of carbonyl (C=O) groups is 1. The molecule has 0 aromatic heterocycles. The maximum Gasteiger partial charge on any atom is 0.407 e. The van der Waals surface area contributed by atoms with Crippen molar-refractivity contribution in [2.24, 2.45) is 0 Å². The summed E-state index contributed by atoms with van der Waals surface area (Å²) in [6.07, 6.45) is -0.0770. The molecule has 8 heteroatoms. The molecule has 0 aliphatic heterocycles. The fraction of sp³-hybridized carbons (Fsp3) is 0.533. The normalized spacial score (nSPS) is 12.0. The van der Waals surface area contributed by atoms with E-state index in [0.29, 0.717) is 24.2 Å². The predicted octanol–water partition coefficient (Wildman–Crippen LogP) is 1.77. The lowest BCUT2D eigenvalue weighted by atomic mass is 10.2. The van der Waals surface area contributed by atoms with Gasteiger partial charge >= 0.3 is 6.09 Å². The molecule has 0 heterocycles. The van der Waals surface area contributed by atoms with Gasteiger partial charge in [-0.1, -0.05) is 6.07 Å². The Labute approximate surface area is 137 Å². The van der Waals surface area contributed by atoms with Crippen LogP contribution in [0.5, 0.6) is 0 Å². The number of hydrogen-bond acceptors (Lipinski definition) is 5. The molecule has 0 fully saturated rings. The van der Waals surface area contributed by atoms with E-state index in [9.17, 15) is 13.2 Å². The number of aryl methyl sites for hydroxylation is 1. The molecule has 0 aliphatic carbocycles. The van der Waals surface area contributed by atoms with Crippen LogP contribution in [-0.2, 0) is 14.8 Å². The number of hydrogen-bond donors (Lipinski definition) is 3. The van der Waals surface area contributed by atoms with Crippen molar-refractivity contribution in [3.63, 3.8) is 0 Å². The average molecular weight is 343 g/mol. The second kappa shape index (κ2) is 7.65. The summed E-state index contributed by atoms with van der Waals surface area (Å²) in [7, 11) is -3.62. The first-order valence-electron chi connectivity index (χ1n) is 7.34. The lowest BCUT2D eigenvalue weighted by Gasteiger charge is -2.19. The van der Waals surface area contributed by atoms with Crippen LogP contribution in [0.3, 0.4) is 0 Å².